The third-order valence-corrected chi connectivity index (χ3v) is 6.87. The summed E-state index contributed by atoms with van der Waals surface area (Å²) in [5.74, 6) is -1.59. The van der Waals surface area contributed by atoms with Crippen LogP contribution in [0.2, 0.25) is 0 Å². The highest BCUT2D eigenvalue weighted by Crippen LogP contribution is 2.11. The van der Waals surface area contributed by atoms with E-state index in [1.165, 1.54) is 25.3 Å². The summed E-state index contributed by atoms with van der Waals surface area (Å²) >= 11 is 0. The zero-order valence-corrected chi connectivity index (χ0v) is 24.5. The Morgan fingerprint density at radius 2 is 1.32 bits per heavy atom. The number of hydrogen-bond donors (Lipinski definition) is 4. The van der Waals surface area contributed by atoms with E-state index in [1.54, 1.807) is 6.08 Å². The lowest BCUT2D eigenvalue weighted by molar-refractivity contribution is -0.130. The first-order chi connectivity index (χ1) is 18.2. The normalized spacial score (nSPS) is 15.2. The molecule has 0 aliphatic carbocycles. The molecular formula is C30H53NO6S. The van der Waals surface area contributed by atoms with Crippen molar-refractivity contribution in [3.8, 4) is 0 Å². The Bertz CT molecular complexity index is 804. The summed E-state index contributed by atoms with van der Waals surface area (Å²) < 4.78 is 32.0. The van der Waals surface area contributed by atoms with Gasteiger partial charge >= 0.3 is 0 Å². The molecule has 0 heterocycles. The Balaban J connectivity index is 4.28. The van der Waals surface area contributed by atoms with Gasteiger partial charge in [-0.05, 0) is 51.4 Å². The number of nitrogens with one attached hydrogen (secondary N) is 1. The number of unbranched alkanes of at least 4 members (excludes halogenated alkanes) is 10. The van der Waals surface area contributed by atoms with Gasteiger partial charge in [0.25, 0.3) is 10.1 Å². The molecule has 3 atom stereocenters. The van der Waals surface area contributed by atoms with Crippen molar-refractivity contribution < 1.29 is 28.0 Å². The van der Waals surface area contributed by atoms with Crippen molar-refractivity contribution in [3.05, 3.63) is 48.6 Å². The summed E-state index contributed by atoms with van der Waals surface area (Å²) in [6.07, 6.45) is 27.7. The van der Waals surface area contributed by atoms with Gasteiger partial charge in [-0.25, -0.2) is 0 Å². The summed E-state index contributed by atoms with van der Waals surface area (Å²) in [5.41, 5.74) is 0. The largest absolute Gasteiger partial charge is 0.387 e. The highest BCUT2D eigenvalue weighted by Gasteiger charge is 2.27. The topological polar surface area (TPSA) is 124 Å². The smallest absolute Gasteiger partial charge is 0.267 e. The van der Waals surface area contributed by atoms with Crippen molar-refractivity contribution >= 4 is 16.0 Å². The quantitative estimate of drug-likeness (QED) is 0.0487. The van der Waals surface area contributed by atoms with E-state index in [2.05, 4.69) is 49.5 Å². The third-order valence-electron chi connectivity index (χ3n) is 6.09. The molecule has 8 heteroatoms. The maximum absolute atomic E-state index is 12.4. The molecule has 0 spiro atoms. The minimum Gasteiger partial charge on any atom is -0.387 e. The van der Waals surface area contributed by atoms with Gasteiger partial charge in [0.1, 0.15) is 6.10 Å². The molecule has 0 aliphatic rings. The zero-order valence-electron chi connectivity index (χ0n) is 23.6. The van der Waals surface area contributed by atoms with Crippen LogP contribution in [0, 0.1) is 0 Å². The van der Waals surface area contributed by atoms with Gasteiger partial charge in [0.15, 0.2) is 0 Å². The average molecular weight is 556 g/mol. The van der Waals surface area contributed by atoms with Crippen molar-refractivity contribution in [2.75, 3.05) is 5.75 Å². The fourth-order valence-electron chi connectivity index (χ4n) is 3.82. The molecular weight excluding hydrogens is 502 g/mol. The summed E-state index contributed by atoms with van der Waals surface area (Å²) in [5, 5.41) is 23.0. The van der Waals surface area contributed by atoms with Crippen LogP contribution in [0.5, 0.6) is 0 Å². The molecule has 0 aliphatic heterocycles. The minimum absolute atomic E-state index is 0.253. The van der Waals surface area contributed by atoms with E-state index in [4.69, 9.17) is 0 Å². The zero-order chi connectivity index (χ0) is 28.5. The van der Waals surface area contributed by atoms with E-state index in [1.807, 2.05) is 6.08 Å². The van der Waals surface area contributed by atoms with E-state index in [-0.39, 0.29) is 6.42 Å². The fraction of sp³-hybridized carbons (Fsp3) is 0.700. The van der Waals surface area contributed by atoms with E-state index < -0.39 is 40.0 Å². The maximum atomic E-state index is 12.4. The molecule has 0 saturated carbocycles. The van der Waals surface area contributed by atoms with Gasteiger partial charge in [-0.2, -0.15) is 8.42 Å². The molecule has 1 amide bonds. The summed E-state index contributed by atoms with van der Waals surface area (Å²) in [6.45, 7) is 4.30. The first-order valence-corrected chi connectivity index (χ1v) is 16.1. The standard InChI is InChI=1S/C30H53NO6S/c1-3-5-7-9-11-12-13-14-15-16-17-19-21-23-25-29(33)30(34)31-27(26-38(35,36)37)28(32)24-22-20-18-10-8-6-4-2/h8,10-14,22,24,27-29,32-33H,3-7,9,15-21,23,25-26H2,1-2H3,(H,31,34)(H,35,36,37)/b10-8+,12-11-,14-13-,24-22+. The number of carbonyl (C=O) groups is 1. The number of rotatable bonds is 24. The lowest BCUT2D eigenvalue weighted by atomic mass is 10.1. The number of allylic oxidation sites excluding steroid dienone is 7. The summed E-state index contributed by atoms with van der Waals surface area (Å²) in [4.78, 5) is 12.4. The molecule has 0 aromatic rings. The van der Waals surface area contributed by atoms with Crippen LogP contribution in [0.25, 0.3) is 0 Å². The van der Waals surface area contributed by atoms with Gasteiger partial charge in [0.2, 0.25) is 5.91 Å². The first kappa shape index (κ1) is 36.3. The van der Waals surface area contributed by atoms with Gasteiger partial charge in [-0.15, -0.1) is 0 Å². The maximum Gasteiger partial charge on any atom is 0.267 e. The Kier molecular flexibility index (Phi) is 23.2. The van der Waals surface area contributed by atoms with Crippen LogP contribution >= 0.6 is 0 Å². The van der Waals surface area contributed by atoms with Crippen molar-refractivity contribution in [2.45, 2.75) is 128 Å². The second-order valence-electron chi connectivity index (χ2n) is 9.83. The predicted molar refractivity (Wildman–Crippen MR) is 158 cm³/mol. The van der Waals surface area contributed by atoms with Crippen LogP contribution in [0.4, 0.5) is 0 Å². The number of aliphatic hydroxyl groups excluding tert-OH is 2. The minimum atomic E-state index is -4.44. The second-order valence-corrected chi connectivity index (χ2v) is 11.3. The molecule has 0 fully saturated rings. The van der Waals surface area contributed by atoms with E-state index in [0.29, 0.717) is 12.8 Å². The van der Waals surface area contributed by atoms with Crippen LogP contribution in [-0.2, 0) is 14.9 Å². The van der Waals surface area contributed by atoms with Gasteiger partial charge in [0.05, 0.1) is 17.9 Å². The molecule has 3 unspecified atom stereocenters. The lowest BCUT2D eigenvalue weighted by Crippen LogP contribution is -2.50. The van der Waals surface area contributed by atoms with Crippen molar-refractivity contribution in [3.63, 3.8) is 0 Å². The van der Waals surface area contributed by atoms with Crippen molar-refractivity contribution in [1.29, 1.82) is 0 Å². The summed E-state index contributed by atoms with van der Waals surface area (Å²) in [6, 6.07) is -1.25. The first-order valence-electron chi connectivity index (χ1n) is 14.5. The SMILES string of the molecule is CCC/C=C/CC/C=C/C(O)C(CS(=O)(=O)O)NC(=O)C(O)CCCCCCC/C=C\C=C/CCCCC. The van der Waals surface area contributed by atoms with Gasteiger partial charge < -0.3 is 15.5 Å². The van der Waals surface area contributed by atoms with Crippen LogP contribution in [0.3, 0.4) is 0 Å². The highest BCUT2D eigenvalue weighted by molar-refractivity contribution is 7.85. The van der Waals surface area contributed by atoms with Gasteiger partial charge in [-0.1, -0.05) is 107 Å². The molecule has 7 nitrogen and oxygen atoms in total. The summed E-state index contributed by atoms with van der Waals surface area (Å²) in [7, 11) is -4.44. The molecule has 0 bridgehead atoms. The predicted octanol–water partition coefficient (Wildman–Crippen LogP) is 6.20. The molecule has 4 N–H and O–H groups in total. The molecule has 38 heavy (non-hydrogen) atoms. The second kappa shape index (κ2) is 24.3. The molecule has 0 aromatic carbocycles. The van der Waals surface area contributed by atoms with Crippen LogP contribution in [-0.4, -0.2) is 53.1 Å². The Labute approximate surface area is 231 Å². The number of hydrogen-bond acceptors (Lipinski definition) is 5. The Hall–Kier alpha value is -1.74. The molecule has 0 radical (unpaired) electrons. The number of amides is 1. The molecule has 220 valence electrons. The van der Waals surface area contributed by atoms with E-state index in [0.717, 1.165) is 57.8 Å². The van der Waals surface area contributed by atoms with Crippen LogP contribution in [0.15, 0.2) is 48.6 Å². The third kappa shape index (κ3) is 23.4. The fourth-order valence-corrected chi connectivity index (χ4v) is 4.55. The molecule has 0 aromatic heterocycles. The highest BCUT2D eigenvalue weighted by atomic mass is 32.2. The Morgan fingerprint density at radius 3 is 1.95 bits per heavy atom. The Morgan fingerprint density at radius 1 is 0.737 bits per heavy atom. The average Bonchev–Trinajstić information content (AvgIpc) is 2.86. The van der Waals surface area contributed by atoms with Crippen molar-refractivity contribution in [1.82, 2.24) is 5.32 Å². The number of carbonyl (C=O) groups excluding carboxylic acids is 1. The monoisotopic (exact) mass is 555 g/mol. The van der Waals surface area contributed by atoms with E-state index >= 15 is 0 Å². The van der Waals surface area contributed by atoms with Gasteiger partial charge in [-0.3, -0.25) is 9.35 Å². The number of aliphatic hydroxyl groups is 2. The van der Waals surface area contributed by atoms with Crippen molar-refractivity contribution in [2.24, 2.45) is 0 Å². The molecule has 0 rings (SSSR count). The van der Waals surface area contributed by atoms with Crippen LogP contribution < -0.4 is 5.32 Å². The van der Waals surface area contributed by atoms with Crippen LogP contribution in [0.1, 0.15) is 110 Å². The van der Waals surface area contributed by atoms with E-state index in [9.17, 15) is 28.0 Å². The molecule has 0 saturated heterocycles. The van der Waals surface area contributed by atoms with Gasteiger partial charge in [0, 0.05) is 0 Å². The lowest BCUT2D eigenvalue weighted by Gasteiger charge is -2.22.